The van der Waals surface area contributed by atoms with Gasteiger partial charge in [-0.1, -0.05) is 38.5 Å². The summed E-state index contributed by atoms with van der Waals surface area (Å²) >= 11 is 0. The molecule has 5 heteroatoms. The van der Waals surface area contributed by atoms with E-state index < -0.39 is 0 Å². The lowest BCUT2D eigenvalue weighted by Gasteiger charge is -2.30. The molecular weight excluding hydrogens is 338 g/mol. The smallest absolute Gasteiger partial charge is 0.190 e. The van der Waals surface area contributed by atoms with Crippen molar-refractivity contribution >= 4 is 5.96 Å². The molecule has 0 atom stereocenters. The first-order chi connectivity index (χ1) is 13.3. The molecule has 2 rings (SSSR count). The van der Waals surface area contributed by atoms with E-state index in [0.29, 0.717) is 11.5 Å². The number of nitrogens with one attached hydrogen (secondary N) is 2. The van der Waals surface area contributed by atoms with Crippen LogP contribution in [0.5, 0.6) is 0 Å². The van der Waals surface area contributed by atoms with Crippen LogP contribution in [0.25, 0.3) is 0 Å². The van der Waals surface area contributed by atoms with Crippen LogP contribution in [-0.4, -0.2) is 52.5 Å². The van der Waals surface area contributed by atoms with Gasteiger partial charge in [0, 0.05) is 40.5 Å². The van der Waals surface area contributed by atoms with Crippen LogP contribution in [0.1, 0.15) is 83.5 Å². The van der Waals surface area contributed by atoms with E-state index in [1.165, 1.54) is 64.2 Å². The second kappa shape index (κ2) is 13.4. The molecule has 0 heterocycles. The number of ether oxygens (including phenoxy) is 2. The summed E-state index contributed by atoms with van der Waals surface area (Å²) in [5.41, 5.74) is 0.389. The lowest BCUT2D eigenvalue weighted by Crippen LogP contribution is -2.43. The van der Waals surface area contributed by atoms with Gasteiger partial charge in [-0.15, -0.1) is 0 Å². The zero-order valence-electron chi connectivity index (χ0n) is 17.9. The summed E-state index contributed by atoms with van der Waals surface area (Å²) in [5.74, 6) is 0.934. The molecule has 0 amide bonds. The number of hydrogen-bond acceptors (Lipinski definition) is 3. The van der Waals surface area contributed by atoms with Gasteiger partial charge in [0.1, 0.15) is 0 Å². The van der Waals surface area contributed by atoms with E-state index in [1.807, 2.05) is 7.05 Å². The third-order valence-corrected chi connectivity index (χ3v) is 6.37. The highest BCUT2D eigenvalue weighted by Crippen LogP contribution is 2.40. The number of guanidine groups is 1. The highest BCUT2D eigenvalue weighted by atomic mass is 16.5. The summed E-state index contributed by atoms with van der Waals surface area (Å²) in [4.78, 5) is 4.39. The number of nitrogens with zero attached hydrogens (tertiary/aromatic N) is 1. The Hall–Kier alpha value is -0.810. The minimum atomic E-state index is 0.389. The molecule has 0 bridgehead atoms. The third-order valence-electron chi connectivity index (χ3n) is 6.37. The monoisotopic (exact) mass is 381 g/mol. The first-order valence-corrected chi connectivity index (χ1v) is 11.3. The van der Waals surface area contributed by atoms with E-state index in [4.69, 9.17) is 9.47 Å². The average Bonchev–Trinajstić information content (AvgIpc) is 3.00. The lowest BCUT2D eigenvalue weighted by molar-refractivity contribution is 0.0411. The molecular formula is C22H43N3O2. The van der Waals surface area contributed by atoms with Gasteiger partial charge in [-0.2, -0.15) is 0 Å². The molecule has 2 fully saturated rings. The molecule has 0 unspecified atom stereocenters. The maximum atomic E-state index is 6.08. The van der Waals surface area contributed by atoms with Crippen molar-refractivity contribution in [1.82, 2.24) is 10.6 Å². The lowest BCUT2D eigenvalue weighted by atomic mass is 9.83. The molecule has 0 saturated heterocycles. The summed E-state index contributed by atoms with van der Waals surface area (Å²) in [5, 5.41) is 7.03. The standard InChI is InChI=1S/C22H43N3O2/c1-23-21(25-19-22(15-18-26-2)13-7-8-14-22)24-16-9-10-17-27-20-11-5-3-4-6-12-20/h20H,3-19H2,1-2H3,(H2,23,24,25). The fraction of sp³-hybridized carbons (Fsp3) is 0.955. The fourth-order valence-corrected chi connectivity index (χ4v) is 4.54. The van der Waals surface area contributed by atoms with Crippen molar-refractivity contribution in [3.63, 3.8) is 0 Å². The molecule has 158 valence electrons. The molecule has 2 aliphatic rings. The molecule has 27 heavy (non-hydrogen) atoms. The van der Waals surface area contributed by atoms with E-state index in [2.05, 4.69) is 15.6 Å². The van der Waals surface area contributed by atoms with Crippen LogP contribution in [0.15, 0.2) is 4.99 Å². The summed E-state index contributed by atoms with van der Waals surface area (Å²) in [6.45, 7) is 3.72. The van der Waals surface area contributed by atoms with Gasteiger partial charge in [-0.3, -0.25) is 4.99 Å². The van der Waals surface area contributed by atoms with E-state index in [9.17, 15) is 0 Å². The van der Waals surface area contributed by atoms with Gasteiger partial charge >= 0.3 is 0 Å². The second-order valence-corrected chi connectivity index (χ2v) is 8.49. The number of aliphatic imine (C=N–C) groups is 1. The van der Waals surface area contributed by atoms with Gasteiger partial charge in [0.25, 0.3) is 0 Å². The summed E-state index contributed by atoms with van der Waals surface area (Å²) in [6, 6.07) is 0. The van der Waals surface area contributed by atoms with E-state index in [-0.39, 0.29) is 0 Å². The Morgan fingerprint density at radius 1 is 0.963 bits per heavy atom. The zero-order valence-corrected chi connectivity index (χ0v) is 17.9. The van der Waals surface area contributed by atoms with Crippen molar-refractivity contribution in [3.8, 4) is 0 Å². The largest absolute Gasteiger partial charge is 0.385 e. The van der Waals surface area contributed by atoms with Crippen LogP contribution in [0.3, 0.4) is 0 Å². The molecule has 5 nitrogen and oxygen atoms in total. The number of rotatable bonds is 11. The fourth-order valence-electron chi connectivity index (χ4n) is 4.54. The van der Waals surface area contributed by atoms with E-state index >= 15 is 0 Å². The van der Waals surface area contributed by atoms with Crippen molar-refractivity contribution in [3.05, 3.63) is 0 Å². The third kappa shape index (κ3) is 8.82. The minimum absolute atomic E-state index is 0.389. The first kappa shape index (κ1) is 22.5. The molecule has 0 aromatic carbocycles. The molecule has 2 saturated carbocycles. The predicted octanol–water partition coefficient (Wildman–Crippen LogP) is 4.27. The number of hydrogen-bond donors (Lipinski definition) is 2. The Balaban J connectivity index is 1.55. The summed E-state index contributed by atoms with van der Waals surface area (Å²) in [7, 11) is 3.66. The van der Waals surface area contributed by atoms with E-state index in [1.54, 1.807) is 7.11 Å². The normalized spacial score (nSPS) is 21.2. The highest BCUT2D eigenvalue weighted by molar-refractivity contribution is 5.79. The maximum Gasteiger partial charge on any atom is 0.190 e. The van der Waals surface area contributed by atoms with E-state index in [0.717, 1.165) is 51.5 Å². The number of unbranched alkanes of at least 4 members (excludes halogenated alkanes) is 1. The maximum absolute atomic E-state index is 6.08. The first-order valence-electron chi connectivity index (χ1n) is 11.3. The van der Waals surface area contributed by atoms with Gasteiger partial charge in [-0.05, 0) is 50.4 Å². The summed E-state index contributed by atoms with van der Waals surface area (Å²) < 4.78 is 11.4. The minimum Gasteiger partial charge on any atom is -0.385 e. The molecule has 0 aromatic heterocycles. The van der Waals surface area contributed by atoms with Crippen LogP contribution in [-0.2, 0) is 9.47 Å². The Labute approximate surface area is 167 Å². The van der Waals surface area contributed by atoms with Crippen molar-refractivity contribution in [2.75, 3.05) is 40.5 Å². The van der Waals surface area contributed by atoms with Crippen molar-refractivity contribution < 1.29 is 9.47 Å². The molecule has 2 N–H and O–H groups in total. The molecule has 2 aliphatic carbocycles. The molecule has 0 radical (unpaired) electrons. The Morgan fingerprint density at radius 3 is 2.37 bits per heavy atom. The Kier molecular flexibility index (Phi) is 11.1. The van der Waals surface area contributed by atoms with Gasteiger partial charge in [0.05, 0.1) is 6.10 Å². The van der Waals surface area contributed by atoms with Crippen LogP contribution in [0.4, 0.5) is 0 Å². The Morgan fingerprint density at radius 2 is 1.70 bits per heavy atom. The zero-order chi connectivity index (χ0) is 19.2. The van der Waals surface area contributed by atoms with Gasteiger partial charge < -0.3 is 20.1 Å². The van der Waals surface area contributed by atoms with Crippen LogP contribution in [0, 0.1) is 5.41 Å². The molecule has 0 spiro atoms. The quantitative estimate of drug-likeness (QED) is 0.243. The average molecular weight is 382 g/mol. The van der Waals surface area contributed by atoms with Crippen molar-refractivity contribution in [2.24, 2.45) is 10.4 Å². The SMILES string of the molecule is CN=C(NCCCCOC1CCCCCC1)NCC1(CCOC)CCCC1. The Bertz CT molecular complexity index is 400. The van der Waals surface area contributed by atoms with Gasteiger partial charge in [0.2, 0.25) is 0 Å². The van der Waals surface area contributed by atoms with Gasteiger partial charge in [-0.25, -0.2) is 0 Å². The summed E-state index contributed by atoms with van der Waals surface area (Å²) in [6.07, 6.45) is 17.2. The van der Waals surface area contributed by atoms with Gasteiger partial charge in [0.15, 0.2) is 5.96 Å². The van der Waals surface area contributed by atoms with Crippen molar-refractivity contribution in [1.29, 1.82) is 0 Å². The number of methoxy groups -OCH3 is 1. The van der Waals surface area contributed by atoms with Crippen molar-refractivity contribution in [2.45, 2.75) is 89.6 Å². The van der Waals surface area contributed by atoms with Crippen LogP contribution in [0.2, 0.25) is 0 Å². The van der Waals surface area contributed by atoms with Crippen LogP contribution < -0.4 is 10.6 Å². The van der Waals surface area contributed by atoms with Crippen LogP contribution >= 0.6 is 0 Å². The highest BCUT2D eigenvalue weighted by Gasteiger charge is 2.33. The topological polar surface area (TPSA) is 54.9 Å². The predicted molar refractivity (Wildman–Crippen MR) is 113 cm³/mol. The molecule has 0 aliphatic heterocycles. The second-order valence-electron chi connectivity index (χ2n) is 8.49. The molecule has 0 aromatic rings.